The quantitative estimate of drug-likeness (QED) is 0.425. The van der Waals surface area contributed by atoms with Gasteiger partial charge in [-0.1, -0.05) is 12.1 Å². The van der Waals surface area contributed by atoms with Crippen molar-refractivity contribution in [1.82, 2.24) is 9.97 Å². The molecule has 1 aromatic heterocycles. The molecule has 4 aromatic rings. The van der Waals surface area contributed by atoms with Gasteiger partial charge in [0.1, 0.15) is 23.1 Å². The summed E-state index contributed by atoms with van der Waals surface area (Å²) in [6.07, 6.45) is 0. The molecular formula is C24H21N3O3. The average molecular weight is 399 g/mol. The highest BCUT2D eigenvalue weighted by atomic mass is 16.5. The van der Waals surface area contributed by atoms with E-state index in [4.69, 9.17) is 9.47 Å². The van der Waals surface area contributed by atoms with Gasteiger partial charge in [-0.2, -0.15) is 0 Å². The molecule has 1 heterocycles. The Labute approximate surface area is 174 Å². The molecule has 0 amide bonds. The van der Waals surface area contributed by atoms with Crippen molar-refractivity contribution in [2.24, 2.45) is 0 Å². The molecule has 4 rings (SSSR count). The first kappa shape index (κ1) is 19.4. The zero-order valence-corrected chi connectivity index (χ0v) is 17.0. The molecule has 0 aliphatic heterocycles. The molecule has 0 atom stereocenters. The molecule has 0 N–H and O–H groups in total. The van der Waals surface area contributed by atoms with Gasteiger partial charge in [0, 0.05) is 18.1 Å². The number of para-hydroxylation sites is 1. The van der Waals surface area contributed by atoms with Crippen molar-refractivity contribution in [3.05, 3.63) is 84.2 Å². The van der Waals surface area contributed by atoms with Gasteiger partial charge >= 0.3 is 5.97 Å². The molecule has 6 heteroatoms. The number of anilines is 2. The maximum atomic E-state index is 11.5. The summed E-state index contributed by atoms with van der Waals surface area (Å²) in [6.45, 7) is 1.90. The molecule has 30 heavy (non-hydrogen) atoms. The van der Waals surface area contributed by atoms with Gasteiger partial charge < -0.3 is 14.4 Å². The van der Waals surface area contributed by atoms with Crippen molar-refractivity contribution in [2.45, 2.75) is 6.92 Å². The van der Waals surface area contributed by atoms with Crippen LogP contribution in [0.1, 0.15) is 16.2 Å². The van der Waals surface area contributed by atoms with Crippen LogP contribution >= 0.6 is 0 Å². The van der Waals surface area contributed by atoms with Crippen LogP contribution in [-0.4, -0.2) is 30.1 Å². The zero-order valence-electron chi connectivity index (χ0n) is 17.0. The molecule has 0 radical (unpaired) electrons. The monoisotopic (exact) mass is 399 g/mol. The summed E-state index contributed by atoms with van der Waals surface area (Å²) in [5.41, 5.74) is 2.38. The number of hydrogen-bond acceptors (Lipinski definition) is 6. The van der Waals surface area contributed by atoms with E-state index in [1.54, 1.807) is 24.3 Å². The number of nitrogens with zero attached hydrogens (tertiary/aromatic N) is 3. The summed E-state index contributed by atoms with van der Waals surface area (Å²) in [7, 11) is 3.34. The molecule has 0 aliphatic carbocycles. The number of esters is 1. The molecular weight excluding hydrogens is 378 g/mol. The number of carbonyl (C=O) groups is 1. The fourth-order valence-corrected chi connectivity index (χ4v) is 3.20. The fourth-order valence-electron chi connectivity index (χ4n) is 3.20. The van der Waals surface area contributed by atoms with Crippen LogP contribution < -0.4 is 9.64 Å². The minimum Gasteiger partial charge on any atom is -0.465 e. The standard InChI is InChI=1S/C24H21N3O3/c1-16-25-22-7-5-4-6-21(22)23(26-16)27(2)18-10-14-20(15-11-18)30-19-12-8-17(9-13-19)24(28)29-3/h4-15H,1-3H3. The summed E-state index contributed by atoms with van der Waals surface area (Å²) < 4.78 is 10.6. The number of aryl methyl sites for hydroxylation is 1. The minimum atomic E-state index is -0.374. The van der Waals surface area contributed by atoms with Gasteiger partial charge in [-0.15, -0.1) is 0 Å². The lowest BCUT2D eigenvalue weighted by molar-refractivity contribution is 0.0600. The van der Waals surface area contributed by atoms with Gasteiger partial charge in [0.15, 0.2) is 0 Å². The van der Waals surface area contributed by atoms with Gasteiger partial charge in [-0.05, 0) is 67.6 Å². The summed E-state index contributed by atoms with van der Waals surface area (Å²) in [5.74, 6) is 2.54. The van der Waals surface area contributed by atoms with E-state index in [1.807, 2.05) is 67.4 Å². The van der Waals surface area contributed by atoms with E-state index < -0.39 is 0 Å². The molecule has 0 aliphatic rings. The number of hydrogen-bond donors (Lipinski definition) is 0. The predicted molar refractivity (Wildman–Crippen MR) is 117 cm³/mol. The van der Waals surface area contributed by atoms with Gasteiger partial charge in [0.05, 0.1) is 18.2 Å². The van der Waals surface area contributed by atoms with E-state index in [0.717, 1.165) is 28.2 Å². The van der Waals surface area contributed by atoms with Crippen molar-refractivity contribution in [3.8, 4) is 11.5 Å². The molecule has 6 nitrogen and oxygen atoms in total. The van der Waals surface area contributed by atoms with Crippen molar-refractivity contribution in [2.75, 3.05) is 19.1 Å². The van der Waals surface area contributed by atoms with E-state index in [2.05, 4.69) is 9.97 Å². The smallest absolute Gasteiger partial charge is 0.337 e. The van der Waals surface area contributed by atoms with E-state index >= 15 is 0 Å². The van der Waals surface area contributed by atoms with E-state index in [0.29, 0.717) is 17.1 Å². The first-order chi connectivity index (χ1) is 14.5. The second-order valence-electron chi connectivity index (χ2n) is 6.78. The van der Waals surface area contributed by atoms with Crippen LogP contribution in [0.3, 0.4) is 0 Å². The van der Waals surface area contributed by atoms with Crippen LogP contribution in [0, 0.1) is 6.92 Å². The predicted octanol–water partition coefficient (Wildman–Crippen LogP) is 5.29. The number of fused-ring (bicyclic) bond motifs is 1. The lowest BCUT2D eigenvalue weighted by atomic mass is 10.2. The lowest BCUT2D eigenvalue weighted by Crippen LogP contribution is -2.12. The third kappa shape index (κ3) is 3.93. The summed E-state index contributed by atoms with van der Waals surface area (Å²) >= 11 is 0. The Balaban J connectivity index is 1.54. The maximum Gasteiger partial charge on any atom is 0.337 e. The van der Waals surface area contributed by atoms with E-state index in [-0.39, 0.29) is 5.97 Å². The van der Waals surface area contributed by atoms with Crippen LogP contribution in [0.25, 0.3) is 10.9 Å². The summed E-state index contributed by atoms with van der Waals surface area (Å²) in [4.78, 5) is 22.7. The maximum absolute atomic E-state index is 11.5. The molecule has 0 unspecified atom stereocenters. The van der Waals surface area contributed by atoms with Crippen LogP contribution in [0.15, 0.2) is 72.8 Å². The highest BCUT2D eigenvalue weighted by Gasteiger charge is 2.12. The SMILES string of the molecule is COC(=O)c1ccc(Oc2ccc(N(C)c3nc(C)nc4ccccc34)cc2)cc1. The van der Waals surface area contributed by atoms with Gasteiger partial charge in [-0.25, -0.2) is 14.8 Å². The van der Waals surface area contributed by atoms with Crippen molar-refractivity contribution < 1.29 is 14.3 Å². The highest BCUT2D eigenvalue weighted by molar-refractivity contribution is 5.91. The van der Waals surface area contributed by atoms with Crippen molar-refractivity contribution in [1.29, 1.82) is 0 Å². The first-order valence-corrected chi connectivity index (χ1v) is 9.48. The molecule has 3 aromatic carbocycles. The molecule has 0 fully saturated rings. The normalized spacial score (nSPS) is 10.6. The Morgan fingerprint density at radius 3 is 2.17 bits per heavy atom. The Hall–Kier alpha value is -3.93. The fraction of sp³-hybridized carbons (Fsp3) is 0.125. The molecule has 0 bridgehead atoms. The van der Waals surface area contributed by atoms with E-state index in [9.17, 15) is 4.79 Å². The zero-order chi connectivity index (χ0) is 21.1. The average Bonchev–Trinajstić information content (AvgIpc) is 2.78. The minimum absolute atomic E-state index is 0.374. The van der Waals surface area contributed by atoms with Crippen LogP contribution in [-0.2, 0) is 4.74 Å². The first-order valence-electron chi connectivity index (χ1n) is 9.48. The third-order valence-electron chi connectivity index (χ3n) is 4.75. The third-order valence-corrected chi connectivity index (χ3v) is 4.75. The second-order valence-corrected chi connectivity index (χ2v) is 6.78. The number of rotatable bonds is 5. The van der Waals surface area contributed by atoms with Crippen LogP contribution in [0.4, 0.5) is 11.5 Å². The largest absolute Gasteiger partial charge is 0.465 e. The Morgan fingerprint density at radius 2 is 1.50 bits per heavy atom. The Morgan fingerprint density at radius 1 is 0.867 bits per heavy atom. The summed E-state index contributed by atoms with van der Waals surface area (Å²) in [5, 5.41) is 0.997. The van der Waals surface area contributed by atoms with Gasteiger partial charge in [0.25, 0.3) is 0 Å². The Kier molecular flexibility index (Phi) is 5.30. The molecule has 150 valence electrons. The van der Waals surface area contributed by atoms with E-state index in [1.165, 1.54) is 7.11 Å². The lowest BCUT2D eigenvalue weighted by Gasteiger charge is -2.20. The number of carbonyl (C=O) groups excluding carboxylic acids is 1. The Bertz CT molecular complexity index is 1190. The van der Waals surface area contributed by atoms with Gasteiger partial charge in [0.2, 0.25) is 0 Å². The number of aromatic nitrogens is 2. The number of benzene rings is 3. The second kappa shape index (κ2) is 8.21. The molecule has 0 saturated heterocycles. The van der Waals surface area contributed by atoms with Crippen molar-refractivity contribution in [3.63, 3.8) is 0 Å². The molecule has 0 saturated carbocycles. The van der Waals surface area contributed by atoms with Crippen LogP contribution in [0.5, 0.6) is 11.5 Å². The summed E-state index contributed by atoms with van der Waals surface area (Å²) in [6, 6.07) is 22.5. The highest BCUT2D eigenvalue weighted by Crippen LogP contribution is 2.30. The van der Waals surface area contributed by atoms with Crippen LogP contribution in [0.2, 0.25) is 0 Å². The van der Waals surface area contributed by atoms with Gasteiger partial charge in [-0.3, -0.25) is 0 Å². The molecule has 0 spiro atoms. The number of methoxy groups -OCH3 is 1. The number of ether oxygens (including phenoxy) is 2. The van der Waals surface area contributed by atoms with Crippen molar-refractivity contribution >= 4 is 28.4 Å². The topological polar surface area (TPSA) is 64.6 Å².